The van der Waals surface area contributed by atoms with Crippen molar-refractivity contribution in [1.29, 1.82) is 0 Å². The molecule has 1 aromatic carbocycles. The number of likely N-dealkylation sites (N-methyl/N-ethyl adjacent to an activating group) is 1. The number of nitrogens with zero attached hydrogens (tertiary/aromatic N) is 3. The minimum atomic E-state index is -4.77. The Kier molecular flexibility index (Phi) is 6.73. The van der Waals surface area contributed by atoms with Crippen molar-refractivity contribution in [2.75, 3.05) is 24.6 Å². The molecule has 0 radical (unpaired) electrons. The molecule has 1 aliphatic heterocycles. The molecule has 1 atom stereocenters. The molecule has 1 N–H and O–H groups in total. The molecule has 9 heteroatoms. The first-order valence-corrected chi connectivity index (χ1v) is 9.30. The maximum atomic E-state index is 13.8. The zero-order valence-electron chi connectivity index (χ0n) is 16.2. The van der Waals surface area contributed by atoms with Crippen LogP contribution in [0.2, 0.25) is 0 Å². The number of alkyl halides is 3. The van der Waals surface area contributed by atoms with Gasteiger partial charge in [-0.05, 0) is 48.5 Å². The number of aliphatic hydroxyl groups is 1. The van der Waals surface area contributed by atoms with E-state index in [1.807, 2.05) is 22.8 Å². The topological polar surface area (TPSA) is 48.8 Å². The Morgan fingerprint density at radius 3 is 2.53 bits per heavy atom. The quantitative estimate of drug-likeness (QED) is 0.678. The molecule has 0 amide bonds. The smallest absolute Gasteiger partial charge is 0.406 e. The summed E-state index contributed by atoms with van der Waals surface area (Å²) in [5.74, 6) is -0.802. The van der Waals surface area contributed by atoms with Crippen molar-refractivity contribution >= 4 is 11.3 Å². The minimum absolute atomic E-state index is 0.0884. The highest BCUT2D eigenvalue weighted by Crippen LogP contribution is 2.34. The zero-order chi connectivity index (χ0) is 21.7. The lowest BCUT2D eigenvalue weighted by atomic mass is 9.99. The van der Waals surface area contributed by atoms with Crippen molar-refractivity contribution in [3.8, 4) is 5.75 Å². The van der Waals surface area contributed by atoms with Gasteiger partial charge in [0.25, 0.3) is 0 Å². The molecule has 1 unspecified atom stereocenters. The summed E-state index contributed by atoms with van der Waals surface area (Å²) >= 11 is 0. The van der Waals surface area contributed by atoms with E-state index in [0.29, 0.717) is 24.3 Å². The lowest BCUT2D eigenvalue weighted by Gasteiger charge is -2.41. The van der Waals surface area contributed by atoms with Crippen molar-refractivity contribution in [1.82, 2.24) is 9.88 Å². The molecule has 2 heterocycles. The summed E-state index contributed by atoms with van der Waals surface area (Å²) in [6, 6.07) is 6.86. The number of aromatic nitrogens is 1. The van der Waals surface area contributed by atoms with E-state index >= 15 is 0 Å². The van der Waals surface area contributed by atoms with Crippen molar-refractivity contribution < 1.29 is 27.4 Å². The summed E-state index contributed by atoms with van der Waals surface area (Å²) in [7, 11) is 0. The van der Waals surface area contributed by atoms with Crippen LogP contribution in [0.4, 0.5) is 23.2 Å². The van der Waals surface area contributed by atoms with Gasteiger partial charge in [0.15, 0.2) is 0 Å². The van der Waals surface area contributed by atoms with Crippen LogP contribution in [0, 0.1) is 5.82 Å². The number of aliphatic hydroxyl groups excluding tert-OH is 1. The van der Waals surface area contributed by atoms with Gasteiger partial charge in [0.2, 0.25) is 0 Å². The first kappa shape index (κ1) is 21.8. The van der Waals surface area contributed by atoms with E-state index in [-0.39, 0.29) is 12.4 Å². The predicted octanol–water partition coefficient (Wildman–Crippen LogP) is 4.18. The van der Waals surface area contributed by atoms with Gasteiger partial charge in [-0.3, -0.25) is 9.88 Å². The third kappa shape index (κ3) is 5.17. The monoisotopic (exact) mass is 423 g/mol. The first-order chi connectivity index (χ1) is 14.3. The first-order valence-electron chi connectivity index (χ1n) is 9.30. The summed E-state index contributed by atoms with van der Waals surface area (Å²) in [5, 5.41) is 9.51. The average molecular weight is 423 g/mol. The van der Waals surface area contributed by atoms with Gasteiger partial charge in [-0.15, -0.1) is 13.2 Å². The fourth-order valence-corrected chi connectivity index (χ4v) is 3.37. The molecule has 0 spiro atoms. The highest BCUT2D eigenvalue weighted by Gasteiger charge is 2.32. The Labute approximate surface area is 171 Å². The van der Waals surface area contributed by atoms with E-state index in [0.717, 1.165) is 11.8 Å². The van der Waals surface area contributed by atoms with Crippen LogP contribution in [0.3, 0.4) is 0 Å². The third-order valence-corrected chi connectivity index (χ3v) is 4.61. The minimum Gasteiger partial charge on any atom is -0.406 e. The molecule has 1 aliphatic rings. The second-order valence-electron chi connectivity index (χ2n) is 6.53. The van der Waals surface area contributed by atoms with Crippen LogP contribution in [0.5, 0.6) is 5.75 Å². The maximum Gasteiger partial charge on any atom is 0.573 e. The molecule has 0 aliphatic carbocycles. The largest absolute Gasteiger partial charge is 0.573 e. The molecule has 5 nitrogen and oxygen atoms in total. The molecule has 2 aromatic rings. The molecule has 1 aromatic heterocycles. The van der Waals surface area contributed by atoms with Gasteiger partial charge in [0.1, 0.15) is 17.7 Å². The van der Waals surface area contributed by atoms with Gasteiger partial charge >= 0.3 is 6.36 Å². The van der Waals surface area contributed by atoms with Crippen LogP contribution >= 0.6 is 0 Å². The Morgan fingerprint density at radius 2 is 1.93 bits per heavy atom. The Balaban J connectivity index is 1.98. The standard InChI is InChI=1S/C21H21F4N3O2/c1-2-27(10-11-29)20-19(15-12-16(22)14-26-13-15)4-3-9-28(20)17-5-7-18(8-6-17)30-21(23,24)25/h3-9,12-14,20,29H,2,10-11H2,1H3. The predicted molar refractivity (Wildman–Crippen MR) is 105 cm³/mol. The molecule has 0 saturated heterocycles. The molecule has 160 valence electrons. The Hall–Kier alpha value is -2.91. The van der Waals surface area contributed by atoms with Crippen molar-refractivity contribution in [3.63, 3.8) is 0 Å². The summed E-state index contributed by atoms with van der Waals surface area (Å²) in [4.78, 5) is 7.74. The summed E-state index contributed by atoms with van der Waals surface area (Å²) in [6.07, 6.45) is 2.84. The number of ether oxygens (including phenoxy) is 1. The van der Waals surface area contributed by atoms with Crippen molar-refractivity contribution in [2.24, 2.45) is 0 Å². The van der Waals surface area contributed by atoms with Crippen LogP contribution in [-0.2, 0) is 0 Å². The number of pyridine rings is 1. The van der Waals surface area contributed by atoms with E-state index in [4.69, 9.17) is 0 Å². The maximum absolute atomic E-state index is 13.8. The second-order valence-corrected chi connectivity index (χ2v) is 6.53. The fraction of sp³-hybridized carbons (Fsp3) is 0.286. The molecular weight excluding hydrogens is 402 g/mol. The van der Waals surface area contributed by atoms with Crippen LogP contribution in [0.25, 0.3) is 5.57 Å². The van der Waals surface area contributed by atoms with Gasteiger partial charge in [-0.1, -0.05) is 13.0 Å². The summed E-state index contributed by atoms with van der Waals surface area (Å²) in [6.45, 7) is 2.76. The highest BCUT2D eigenvalue weighted by atomic mass is 19.4. The van der Waals surface area contributed by atoms with E-state index in [1.165, 1.54) is 30.3 Å². The van der Waals surface area contributed by atoms with E-state index in [2.05, 4.69) is 9.72 Å². The molecule has 0 saturated carbocycles. The van der Waals surface area contributed by atoms with Gasteiger partial charge in [0.05, 0.1) is 12.8 Å². The van der Waals surface area contributed by atoms with Crippen LogP contribution in [0.1, 0.15) is 12.5 Å². The number of halogens is 4. The molecular formula is C21H21F4N3O2. The fourth-order valence-electron chi connectivity index (χ4n) is 3.37. The van der Waals surface area contributed by atoms with Gasteiger partial charge in [0, 0.05) is 30.2 Å². The number of hydrogen-bond donors (Lipinski definition) is 1. The zero-order valence-corrected chi connectivity index (χ0v) is 16.2. The lowest BCUT2D eigenvalue weighted by Crippen LogP contribution is -2.49. The normalized spacial score (nSPS) is 16.7. The van der Waals surface area contributed by atoms with E-state index in [9.17, 15) is 22.7 Å². The lowest BCUT2D eigenvalue weighted by molar-refractivity contribution is -0.274. The van der Waals surface area contributed by atoms with Crippen molar-refractivity contribution in [2.45, 2.75) is 19.5 Å². The molecule has 30 heavy (non-hydrogen) atoms. The average Bonchev–Trinajstić information content (AvgIpc) is 2.71. The SMILES string of the molecule is CCN(CCO)C1C(c2cncc(F)c2)=CC=CN1c1ccc(OC(F)(F)F)cc1. The number of rotatable bonds is 7. The molecule has 0 fully saturated rings. The number of allylic oxidation sites excluding steroid dienone is 2. The number of benzene rings is 1. The Bertz CT molecular complexity index is 913. The summed E-state index contributed by atoms with van der Waals surface area (Å²) < 4.78 is 55.1. The molecule has 3 rings (SSSR count). The second kappa shape index (κ2) is 9.27. The Morgan fingerprint density at radius 1 is 1.20 bits per heavy atom. The van der Waals surface area contributed by atoms with Crippen LogP contribution in [-0.4, -0.2) is 47.2 Å². The van der Waals surface area contributed by atoms with E-state index in [1.54, 1.807) is 18.5 Å². The van der Waals surface area contributed by atoms with Gasteiger partial charge in [-0.25, -0.2) is 4.39 Å². The third-order valence-electron chi connectivity index (χ3n) is 4.61. The number of hydrogen-bond acceptors (Lipinski definition) is 5. The van der Waals surface area contributed by atoms with Crippen LogP contribution < -0.4 is 9.64 Å². The highest BCUT2D eigenvalue weighted by molar-refractivity contribution is 5.76. The number of anilines is 1. The van der Waals surface area contributed by atoms with Crippen LogP contribution in [0.15, 0.2) is 61.1 Å². The van der Waals surface area contributed by atoms with Gasteiger partial charge in [-0.2, -0.15) is 0 Å². The summed E-state index contributed by atoms with van der Waals surface area (Å²) in [5.41, 5.74) is 1.93. The molecule has 0 bridgehead atoms. The van der Waals surface area contributed by atoms with Gasteiger partial charge < -0.3 is 14.7 Å². The van der Waals surface area contributed by atoms with E-state index < -0.39 is 18.3 Å². The van der Waals surface area contributed by atoms with Crippen molar-refractivity contribution in [3.05, 3.63) is 72.5 Å².